The van der Waals surface area contributed by atoms with Crippen LogP contribution in [0.15, 0.2) is 66.7 Å². The lowest BCUT2D eigenvalue weighted by molar-refractivity contribution is -0.135. The highest BCUT2D eigenvalue weighted by Gasteiger charge is 2.38. The summed E-state index contributed by atoms with van der Waals surface area (Å²) in [6.45, 7) is -0.122. The van der Waals surface area contributed by atoms with E-state index in [0.717, 1.165) is 5.56 Å². The molecule has 0 aromatic heterocycles. The molecule has 2 aromatic carbocycles. The summed E-state index contributed by atoms with van der Waals surface area (Å²) in [4.78, 5) is 23.6. The third-order valence-electron chi connectivity index (χ3n) is 3.68. The standard InChI is InChI=1S/C19H18N2O3/c22-17(13-24-15-9-5-2-6-10-15)21-18-16(20-19(18)23)12-11-14-7-3-1-4-8-14/h1-12,16,18H,13H2,(H,20,23)(H,21,22)/b12-11+/t16-,18+/m0/s1. The molecule has 1 aliphatic heterocycles. The number of hydrogen-bond donors (Lipinski definition) is 2. The van der Waals surface area contributed by atoms with E-state index in [2.05, 4.69) is 10.6 Å². The number of amides is 2. The van der Waals surface area contributed by atoms with Gasteiger partial charge in [0, 0.05) is 0 Å². The van der Waals surface area contributed by atoms with Gasteiger partial charge >= 0.3 is 0 Å². The Morgan fingerprint density at radius 1 is 1.08 bits per heavy atom. The summed E-state index contributed by atoms with van der Waals surface area (Å²) in [7, 11) is 0. The average Bonchev–Trinajstić information content (AvgIpc) is 2.63. The van der Waals surface area contributed by atoms with Gasteiger partial charge in [-0.1, -0.05) is 60.7 Å². The molecule has 2 aromatic rings. The highest BCUT2D eigenvalue weighted by molar-refractivity contribution is 5.94. The average molecular weight is 322 g/mol. The minimum atomic E-state index is -0.558. The van der Waals surface area contributed by atoms with Crippen molar-refractivity contribution >= 4 is 17.9 Å². The summed E-state index contributed by atoms with van der Waals surface area (Å²) in [5, 5.41) is 5.46. The normalized spacial score (nSPS) is 19.4. The Labute approximate surface area is 140 Å². The maximum Gasteiger partial charge on any atom is 0.258 e. The first-order valence-corrected chi connectivity index (χ1v) is 7.73. The largest absolute Gasteiger partial charge is 0.484 e. The van der Waals surface area contributed by atoms with Gasteiger partial charge in [0.2, 0.25) is 5.91 Å². The highest BCUT2D eigenvalue weighted by atomic mass is 16.5. The summed E-state index contributed by atoms with van der Waals surface area (Å²) < 4.78 is 5.38. The van der Waals surface area contributed by atoms with E-state index in [1.54, 1.807) is 12.1 Å². The van der Waals surface area contributed by atoms with Gasteiger partial charge in [0.25, 0.3) is 5.91 Å². The monoisotopic (exact) mass is 322 g/mol. The first-order valence-electron chi connectivity index (χ1n) is 7.73. The van der Waals surface area contributed by atoms with Crippen LogP contribution in [0.3, 0.4) is 0 Å². The predicted molar refractivity (Wildman–Crippen MR) is 91.3 cm³/mol. The Morgan fingerprint density at radius 2 is 1.75 bits per heavy atom. The lowest BCUT2D eigenvalue weighted by Gasteiger charge is -2.35. The molecule has 0 bridgehead atoms. The number of hydrogen-bond acceptors (Lipinski definition) is 3. The molecule has 24 heavy (non-hydrogen) atoms. The Bertz CT molecular complexity index is 729. The van der Waals surface area contributed by atoms with Crippen LogP contribution < -0.4 is 15.4 Å². The molecule has 3 rings (SSSR count). The summed E-state index contributed by atoms with van der Waals surface area (Å²) >= 11 is 0. The van der Waals surface area contributed by atoms with Gasteiger partial charge in [0.15, 0.2) is 6.61 Å². The number of rotatable bonds is 6. The van der Waals surface area contributed by atoms with Crippen LogP contribution >= 0.6 is 0 Å². The molecule has 1 fully saturated rings. The van der Waals surface area contributed by atoms with E-state index in [4.69, 9.17) is 4.74 Å². The first kappa shape index (κ1) is 15.8. The van der Waals surface area contributed by atoms with Gasteiger partial charge < -0.3 is 15.4 Å². The molecule has 5 heteroatoms. The molecule has 2 N–H and O–H groups in total. The third-order valence-corrected chi connectivity index (χ3v) is 3.68. The molecular formula is C19H18N2O3. The van der Waals surface area contributed by atoms with Gasteiger partial charge in [-0.15, -0.1) is 0 Å². The fraction of sp³-hybridized carbons (Fsp3) is 0.158. The number of para-hydroxylation sites is 1. The van der Waals surface area contributed by atoms with Gasteiger partial charge in [0.1, 0.15) is 11.8 Å². The van der Waals surface area contributed by atoms with Crippen molar-refractivity contribution in [1.29, 1.82) is 0 Å². The summed E-state index contributed by atoms with van der Waals surface area (Å²) in [5.74, 6) is 0.105. The van der Waals surface area contributed by atoms with Crippen molar-refractivity contribution in [3.8, 4) is 5.75 Å². The topological polar surface area (TPSA) is 67.4 Å². The van der Waals surface area contributed by atoms with Crippen molar-refractivity contribution in [2.24, 2.45) is 0 Å². The molecule has 2 amide bonds. The van der Waals surface area contributed by atoms with E-state index < -0.39 is 6.04 Å². The highest BCUT2D eigenvalue weighted by Crippen LogP contribution is 2.11. The van der Waals surface area contributed by atoms with Crippen molar-refractivity contribution in [2.45, 2.75) is 12.1 Å². The molecule has 0 radical (unpaired) electrons. The number of β-lactam (4-membered cyclic amide) rings is 1. The van der Waals surface area contributed by atoms with Crippen LogP contribution in [0, 0.1) is 0 Å². The lowest BCUT2D eigenvalue weighted by atomic mass is 9.97. The molecule has 0 aliphatic carbocycles. The van der Waals surface area contributed by atoms with Gasteiger partial charge in [-0.2, -0.15) is 0 Å². The SMILES string of the molecule is O=C(COc1ccccc1)N[C@H]1C(=O)N[C@H]1/C=C/c1ccccc1. The van der Waals surface area contributed by atoms with Crippen LogP contribution in [-0.4, -0.2) is 30.5 Å². The van der Waals surface area contributed by atoms with Crippen LogP contribution in [0.4, 0.5) is 0 Å². The van der Waals surface area contributed by atoms with E-state index in [0.29, 0.717) is 5.75 Å². The van der Waals surface area contributed by atoms with E-state index in [1.807, 2.05) is 60.7 Å². The van der Waals surface area contributed by atoms with Crippen molar-refractivity contribution in [2.75, 3.05) is 6.61 Å². The first-order chi connectivity index (χ1) is 11.7. The number of benzene rings is 2. The zero-order chi connectivity index (χ0) is 16.8. The van der Waals surface area contributed by atoms with Crippen LogP contribution in [0.5, 0.6) is 5.75 Å². The van der Waals surface area contributed by atoms with Gasteiger partial charge in [0.05, 0.1) is 6.04 Å². The molecule has 122 valence electrons. The van der Waals surface area contributed by atoms with Crippen molar-refractivity contribution in [3.63, 3.8) is 0 Å². The van der Waals surface area contributed by atoms with Crippen LogP contribution in [0.1, 0.15) is 5.56 Å². The second kappa shape index (κ2) is 7.46. The zero-order valence-electron chi connectivity index (χ0n) is 13.0. The second-order valence-electron chi connectivity index (χ2n) is 5.45. The van der Waals surface area contributed by atoms with Gasteiger partial charge in [-0.25, -0.2) is 0 Å². The van der Waals surface area contributed by atoms with Crippen LogP contribution in [0.2, 0.25) is 0 Å². The molecular weight excluding hydrogens is 304 g/mol. The summed E-state index contributed by atoms with van der Waals surface area (Å²) in [6, 6.07) is 18.1. The molecule has 0 unspecified atom stereocenters. The molecule has 1 aliphatic rings. The number of carbonyl (C=O) groups excluding carboxylic acids is 2. The Morgan fingerprint density at radius 3 is 2.42 bits per heavy atom. The molecule has 2 atom stereocenters. The third kappa shape index (κ3) is 4.01. The second-order valence-corrected chi connectivity index (χ2v) is 5.45. The summed E-state index contributed by atoms with van der Waals surface area (Å²) in [5.41, 5.74) is 1.04. The lowest BCUT2D eigenvalue weighted by Crippen LogP contribution is -2.68. The van der Waals surface area contributed by atoms with E-state index in [9.17, 15) is 9.59 Å². The smallest absolute Gasteiger partial charge is 0.258 e. The Kier molecular flexibility index (Phi) is 4.91. The summed E-state index contributed by atoms with van der Waals surface area (Å²) in [6.07, 6.45) is 3.80. The van der Waals surface area contributed by atoms with E-state index >= 15 is 0 Å². The zero-order valence-corrected chi connectivity index (χ0v) is 13.0. The fourth-order valence-corrected chi connectivity index (χ4v) is 2.38. The number of ether oxygens (including phenoxy) is 1. The van der Waals surface area contributed by atoms with Gasteiger partial charge in [-0.3, -0.25) is 9.59 Å². The van der Waals surface area contributed by atoms with E-state index in [-0.39, 0.29) is 24.5 Å². The minimum Gasteiger partial charge on any atom is -0.484 e. The molecule has 1 saturated heterocycles. The minimum absolute atomic E-state index is 0.122. The molecule has 0 saturated carbocycles. The van der Waals surface area contributed by atoms with Crippen LogP contribution in [-0.2, 0) is 9.59 Å². The maximum absolute atomic E-state index is 11.9. The van der Waals surface area contributed by atoms with Gasteiger partial charge in [-0.05, 0) is 17.7 Å². The molecule has 1 heterocycles. The fourth-order valence-electron chi connectivity index (χ4n) is 2.38. The maximum atomic E-state index is 11.9. The quantitative estimate of drug-likeness (QED) is 0.797. The van der Waals surface area contributed by atoms with Crippen molar-refractivity contribution < 1.29 is 14.3 Å². The Hall–Kier alpha value is -3.08. The number of nitrogens with one attached hydrogen (secondary N) is 2. The Balaban J connectivity index is 1.50. The predicted octanol–water partition coefficient (Wildman–Crippen LogP) is 1.76. The molecule has 5 nitrogen and oxygen atoms in total. The van der Waals surface area contributed by atoms with Crippen molar-refractivity contribution in [1.82, 2.24) is 10.6 Å². The van der Waals surface area contributed by atoms with E-state index in [1.165, 1.54) is 0 Å². The van der Waals surface area contributed by atoms with Crippen molar-refractivity contribution in [3.05, 3.63) is 72.3 Å². The number of carbonyl (C=O) groups is 2. The molecule has 0 spiro atoms. The van der Waals surface area contributed by atoms with Crippen LogP contribution in [0.25, 0.3) is 6.08 Å².